The molecule has 16 heavy (non-hydrogen) atoms. The molecule has 1 aromatic rings. The van der Waals surface area contributed by atoms with Crippen LogP contribution >= 0.6 is 0 Å². The maximum atomic E-state index is 5.95. The lowest BCUT2D eigenvalue weighted by Gasteiger charge is -2.23. The summed E-state index contributed by atoms with van der Waals surface area (Å²) in [6.07, 6.45) is 0. The topological polar surface area (TPSA) is 55.3 Å². The minimum Gasteiger partial charge on any atom is -0.372 e. The minimum atomic E-state index is -0.0502. The van der Waals surface area contributed by atoms with Gasteiger partial charge in [-0.2, -0.15) is 0 Å². The quantitative estimate of drug-likeness (QED) is 0.797. The molecule has 0 aliphatic carbocycles. The molecule has 90 valence electrons. The largest absolute Gasteiger partial charge is 0.372 e. The van der Waals surface area contributed by atoms with Crippen molar-refractivity contribution in [3.05, 3.63) is 29.3 Å². The van der Waals surface area contributed by atoms with E-state index in [4.69, 9.17) is 11.5 Å². The van der Waals surface area contributed by atoms with Gasteiger partial charge >= 0.3 is 0 Å². The molecule has 1 rings (SSSR count). The van der Waals surface area contributed by atoms with Crippen molar-refractivity contribution in [2.75, 3.05) is 24.5 Å². The lowest BCUT2D eigenvalue weighted by atomic mass is 10.0. The third kappa shape index (κ3) is 2.74. The molecule has 0 bridgehead atoms. The van der Waals surface area contributed by atoms with Gasteiger partial charge in [-0.05, 0) is 44.0 Å². The number of benzene rings is 1. The van der Waals surface area contributed by atoms with Crippen molar-refractivity contribution >= 4 is 5.69 Å². The van der Waals surface area contributed by atoms with Crippen molar-refractivity contribution in [3.63, 3.8) is 0 Å². The molecule has 0 heterocycles. The van der Waals surface area contributed by atoms with E-state index in [1.807, 2.05) is 0 Å². The maximum Gasteiger partial charge on any atom is 0.0422 e. The Bertz CT molecular complexity index is 332. The zero-order valence-corrected chi connectivity index (χ0v) is 10.5. The Morgan fingerprint density at radius 2 is 1.88 bits per heavy atom. The second-order valence-electron chi connectivity index (χ2n) is 4.06. The summed E-state index contributed by atoms with van der Waals surface area (Å²) in [5.74, 6) is 0. The molecular weight excluding hydrogens is 198 g/mol. The van der Waals surface area contributed by atoms with Crippen LogP contribution in [-0.2, 0) is 0 Å². The highest BCUT2D eigenvalue weighted by atomic mass is 15.1. The molecule has 1 aromatic carbocycles. The summed E-state index contributed by atoms with van der Waals surface area (Å²) in [7, 11) is 0. The molecule has 4 N–H and O–H groups in total. The SMILES string of the molecule is CCN(CC)c1ccc([C@@H](N)CN)c(C)c1. The van der Waals surface area contributed by atoms with E-state index in [9.17, 15) is 0 Å². The van der Waals surface area contributed by atoms with Crippen molar-refractivity contribution in [2.24, 2.45) is 11.5 Å². The first-order valence-corrected chi connectivity index (χ1v) is 5.95. The maximum absolute atomic E-state index is 5.95. The fourth-order valence-corrected chi connectivity index (χ4v) is 1.99. The van der Waals surface area contributed by atoms with Crippen molar-refractivity contribution in [2.45, 2.75) is 26.8 Å². The van der Waals surface area contributed by atoms with Crippen molar-refractivity contribution in [3.8, 4) is 0 Å². The van der Waals surface area contributed by atoms with Gasteiger partial charge < -0.3 is 16.4 Å². The Balaban J connectivity index is 2.98. The number of nitrogens with zero attached hydrogens (tertiary/aromatic N) is 1. The number of anilines is 1. The van der Waals surface area contributed by atoms with Gasteiger partial charge in [-0.1, -0.05) is 6.07 Å². The molecular formula is C13H23N3. The molecule has 0 aliphatic rings. The molecule has 0 aliphatic heterocycles. The van der Waals surface area contributed by atoms with E-state index < -0.39 is 0 Å². The fourth-order valence-electron chi connectivity index (χ4n) is 1.99. The Labute approximate surface area is 98.4 Å². The highest BCUT2D eigenvalue weighted by molar-refractivity contribution is 5.51. The number of nitrogens with two attached hydrogens (primary N) is 2. The van der Waals surface area contributed by atoms with E-state index >= 15 is 0 Å². The van der Waals surface area contributed by atoms with Crippen LogP contribution in [0.4, 0.5) is 5.69 Å². The minimum absolute atomic E-state index is 0.0502. The zero-order valence-electron chi connectivity index (χ0n) is 10.5. The van der Waals surface area contributed by atoms with Crippen molar-refractivity contribution in [1.82, 2.24) is 0 Å². The molecule has 0 saturated carbocycles. The van der Waals surface area contributed by atoms with Crippen molar-refractivity contribution < 1.29 is 0 Å². The van der Waals surface area contributed by atoms with Gasteiger partial charge in [0.15, 0.2) is 0 Å². The highest BCUT2D eigenvalue weighted by Gasteiger charge is 2.09. The standard InChI is InChI=1S/C13H23N3/c1-4-16(5-2)11-6-7-12(10(3)8-11)13(15)9-14/h6-8,13H,4-5,9,14-15H2,1-3H3/t13-/m0/s1. The number of rotatable bonds is 5. The molecule has 0 aromatic heterocycles. The van der Waals surface area contributed by atoms with Crippen LogP contribution < -0.4 is 16.4 Å². The van der Waals surface area contributed by atoms with Gasteiger partial charge in [-0.3, -0.25) is 0 Å². The van der Waals surface area contributed by atoms with Crippen molar-refractivity contribution in [1.29, 1.82) is 0 Å². The molecule has 0 spiro atoms. The number of aryl methyl sites for hydroxylation is 1. The van der Waals surface area contributed by atoms with Gasteiger partial charge in [-0.15, -0.1) is 0 Å². The Morgan fingerprint density at radius 1 is 1.25 bits per heavy atom. The summed E-state index contributed by atoms with van der Waals surface area (Å²) in [5, 5.41) is 0. The van der Waals surface area contributed by atoms with Gasteiger partial charge in [0, 0.05) is 31.4 Å². The Morgan fingerprint density at radius 3 is 2.31 bits per heavy atom. The Kier molecular flexibility index (Phi) is 4.77. The highest BCUT2D eigenvalue weighted by Crippen LogP contribution is 2.22. The van der Waals surface area contributed by atoms with E-state index in [2.05, 4.69) is 43.9 Å². The predicted octanol–water partition coefficient (Wildman–Crippen LogP) is 1.80. The van der Waals surface area contributed by atoms with E-state index in [-0.39, 0.29) is 6.04 Å². The average Bonchev–Trinajstić information content (AvgIpc) is 2.30. The van der Waals surface area contributed by atoms with E-state index in [0.29, 0.717) is 6.54 Å². The van der Waals surface area contributed by atoms with E-state index in [1.54, 1.807) is 0 Å². The van der Waals surface area contributed by atoms with Gasteiger partial charge in [0.1, 0.15) is 0 Å². The summed E-state index contributed by atoms with van der Waals surface area (Å²) in [5.41, 5.74) is 15.2. The van der Waals surface area contributed by atoms with Crippen LogP contribution in [0, 0.1) is 6.92 Å². The molecule has 0 fully saturated rings. The Hall–Kier alpha value is -1.06. The van der Waals surface area contributed by atoms with Crippen LogP contribution in [0.25, 0.3) is 0 Å². The van der Waals surface area contributed by atoms with Crippen LogP contribution in [0.15, 0.2) is 18.2 Å². The first-order valence-electron chi connectivity index (χ1n) is 5.95. The molecule has 3 nitrogen and oxygen atoms in total. The smallest absolute Gasteiger partial charge is 0.0422 e. The summed E-state index contributed by atoms with van der Waals surface area (Å²) in [6.45, 7) is 8.97. The van der Waals surface area contributed by atoms with E-state index in [0.717, 1.165) is 18.7 Å². The molecule has 3 heteroatoms. The molecule has 0 radical (unpaired) electrons. The van der Waals surface area contributed by atoms with Gasteiger partial charge in [0.25, 0.3) is 0 Å². The van der Waals surface area contributed by atoms with Crippen LogP contribution in [0.1, 0.15) is 31.0 Å². The summed E-state index contributed by atoms with van der Waals surface area (Å²) < 4.78 is 0. The van der Waals surface area contributed by atoms with Crippen LogP contribution in [0.2, 0.25) is 0 Å². The average molecular weight is 221 g/mol. The third-order valence-electron chi connectivity index (χ3n) is 3.04. The summed E-state index contributed by atoms with van der Waals surface area (Å²) >= 11 is 0. The zero-order chi connectivity index (χ0) is 12.1. The second-order valence-corrected chi connectivity index (χ2v) is 4.06. The first-order chi connectivity index (χ1) is 7.63. The number of hydrogen-bond acceptors (Lipinski definition) is 3. The third-order valence-corrected chi connectivity index (χ3v) is 3.04. The molecule has 0 amide bonds. The first kappa shape index (κ1) is 13.0. The van der Waals surface area contributed by atoms with Gasteiger partial charge in [0.05, 0.1) is 0 Å². The van der Waals surface area contributed by atoms with E-state index in [1.165, 1.54) is 11.3 Å². The monoisotopic (exact) mass is 221 g/mol. The normalized spacial score (nSPS) is 12.6. The van der Waals surface area contributed by atoms with Crippen LogP contribution in [0.3, 0.4) is 0 Å². The molecule has 1 atom stereocenters. The fraction of sp³-hybridized carbons (Fsp3) is 0.538. The molecule has 0 unspecified atom stereocenters. The van der Waals surface area contributed by atoms with Gasteiger partial charge in [-0.25, -0.2) is 0 Å². The van der Waals surface area contributed by atoms with Crippen LogP contribution in [-0.4, -0.2) is 19.6 Å². The summed E-state index contributed by atoms with van der Waals surface area (Å²) in [6, 6.07) is 6.37. The lowest BCUT2D eigenvalue weighted by molar-refractivity contribution is 0.731. The predicted molar refractivity (Wildman–Crippen MR) is 70.7 cm³/mol. The van der Waals surface area contributed by atoms with Crippen LogP contribution in [0.5, 0.6) is 0 Å². The lowest BCUT2D eigenvalue weighted by Crippen LogP contribution is -2.24. The summed E-state index contributed by atoms with van der Waals surface area (Å²) in [4.78, 5) is 2.32. The number of hydrogen-bond donors (Lipinski definition) is 2. The second kappa shape index (κ2) is 5.87. The van der Waals surface area contributed by atoms with Gasteiger partial charge in [0.2, 0.25) is 0 Å². The molecule has 0 saturated heterocycles.